The van der Waals surface area contributed by atoms with E-state index in [0.29, 0.717) is 5.06 Å². The van der Waals surface area contributed by atoms with E-state index in [-0.39, 0.29) is 14.3 Å². The van der Waals surface area contributed by atoms with Crippen LogP contribution in [0, 0.1) is 0 Å². The number of imide groups is 1. The van der Waals surface area contributed by atoms with E-state index in [0.717, 1.165) is 0 Å². The number of hydrogen-bond donors (Lipinski definition) is 1. The van der Waals surface area contributed by atoms with Crippen molar-refractivity contribution in [2.45, 2.75) is 12.8 Å². The molecular weight excluding hydrogens is 152 g/mol. The summed E-state index contributed by atoms with van der Waals surface area (Å²) in [7, 11) is 0. The molecule has 6 heteroatoms. The number of hydroxylamine groups is 2. The normalized spacial score (nSPS) is 17.3. The molecule has 1 rings (SSSR count). The van der Waals surface area contributed by atoms with Crippen molar-refractivity contribution >= 4 is 17.9 Å². The van der Waals surface area contributed by atoms with Crippen molar-refractivity contribution in [3.05, 3.63) is 0 Å². The third kappa shape index (κ3) is 1.46. The zero-order valence-corrected chi connectivity index (χ0v) is 5.57. The molecule has 62 valence electrons. The first-order valence-corrected chi connectivity index (χ1v) is 2.94. The maximum absolute atomic E-state index is 10.7. The van der Waals surface area contributed by atoms with Gasteiger partial charge in [0.1, 0.15) is 0 Å². The molecule has 0 spiro atoms. The summed E-state index contributed by atoms with van der Waals surface area (Å²) in [5.74, 6) is -1.07. The average molecular weight is 160 g/mol. The van der Waals surface area contributed by atoms with Gasteiger partial charge in [-0.3, -0.25) is 9.59 Å². The van der Waals surface area contributed by atoms with Gasteiger partial charge in [0.05, 0.1) is 0 Å². The molecule has 0 aliphatic carbocycles. The highest BCUT2D eigenvalue weighted by Crippen LogP contribution is 2.11. The highest BCUT2D eigenvalue weighted by Gasteiger charge is 2.32. The van der Waals surface area contributed by atoms with Gasteiger partial charge in [-0.15, -0.1) is 5.06 Å². The minimum absolute atomic E-state index is 0. The van der Waals surface area contributed by atoms with Crippen LogP contribution in [0.2, 0.25) is 0 Å². The summed E-state index contributed by atoms with van der Waals surface area (Å²) in [5.41, 5.74) is 4.59. The monoisotopic (exact) mass is 160 g/mol. The fraction of sp³-hybridized carbons (Fsp3) is 0.400. The van der Waals surface area contributed by atoms with E-state index in [1.807, 2.05) is 0 Å². The third-order valence-corrected chi connectivity index (χ3v) is 1.19. The predicted molar refractivity (Wildman–Crippen MR) is 33.9 cm³/mol. The van der Waals surface area contributed by atoms with Gasteiger partial charge in [-0.1, -0.05) is 0 Å². The van der Waals surface area contributed by atoms with Gasteiger partial charge in [0, 0.05) is 14.3 Å². The highest BCUT2D eigenvalue weighted by atomic mass is 16.7. The molecule has 0 unspecified atom stereocenters. The van der Waals surface area contributed by atoms with Crippen LogP contribution < -0.4 is 5.73 Å². The fourth-order valence-electron chi connectivity index (χ4n) is 0.748. The Hall–Kier alpha value is -1.59. The molecule has 0 saturated carbocycles. The Morgan fingerprint density at radius 1 is 1.45 bits per heavy atom. The lowest BCUT2D eigenvalue weighted by molar-refractivity contribution is -0.170. The maximum Gasteiger partial charge on any atom is 0.429 e. The second-order valence-corrected chi connectivity index (χ2v) is 1.99. The van der Waals surface area contributed by atoms with E-state index < -0.39 is 17.9 Å². The average Bonchev–Trinajstić information content (AvgIpc) is 2.18. The van der Waals surface area contributed by atoms with Gasteiger partial charge in [-0.05, 0) is 0 Å². The third-order valence-electron chi connectivity index (χ3n) is 1.19. The van der Waals surface area contributed by atoms with E-state index in [9.17, 15) is 14.4 Å². The number of primary amides is 1. The van der Waals surface area contributed by atoms with Crippen LogP contribution in [0.25, 0.3) is 0 Å². The Morgan fingerprint density at radius 3 is 2.27 bits per heavy atom. The molecule has 0 aromatic heterocycles. The Kier molecular flexibility index (Phi) is 1.75. The van der Waals surface area contributed by atoms with Crippen molar-refractivity contribution in [1.82, 2.24) is 5.06 Å². The summed E-state index contributed by atoms with van der Waals surface area (Å²) in [4.78, 5) is 35.6. The highest BCUT2D eigenvalue weighted by molar-refractivity contribution is 6.01. The van der Waals surface area contributed by atoms with Crippen molar-refractivity contribution in [2.75, 3.05) is 0 Å². The van der Waals surface area contributed by atoms with Crippen molar-refractivity contribution in [3.63, 3.8) is 0 Å². The summed E-state index contributed by atoms with van der Waals surface area (Å²) >= 11 is 0. The summed E-state index contributed by atoms with van der Waals surface area (Å²) < 4.78 is 0. The van der Waals surface area contributed by atoms with Crippen LogP contribution in [0.4, 0.5) is 4.79 Å². The van der Waals surface area contributed by atoms with Crippen LogP contribution in [-0.4, -0.2) is 23.0 Å². The summed E-state index contributed by atoms with van der Waals surface area (Å²) in [6.45, 7) is 0. The minimum Gasteiger partial charge on any atom is -0.333 e. The minimum atomic E-state index is -1.16. The first-order valence-electron chi connectivity index (χ1n) is 2.94. The Labute approximate surface area is 63.3 Å². The molecular formula is C5H8N2O4. The summed E-state index contributed by atoms with van der Waals surface area (Å²) in [5, 5.41) is 0.391. The SMILES string of the molecule is NC(=O)ON1C(=O)CCC1=O.[HH]. The van der Waals surface area contributed by atoms with E-state index in [4.69, 9.17) is 0 Å². The summed E-state index contributed by atoms with van der Waals surface area (Å²) in [6.07, 6.45) is -1.01. The van der Waals surface area contributed by atoms with Gasteiger partial charge in [0.2, 0.25) is 0 Å². The molecule has 1 saturated heterocycles. The maximum atomic E-state index is 10.7. The van der Waals surface area contributed by atoms with Gasteiger partial charge >= 0.3 is 6.09 Å². The second-order valence-electron chi connectivity index (χ2n) is 1.99. The van der Waals surface area contributed by atoms with Gasteiger partial charge < -0.3 is 10.6 Å². The molecule has 0 radical (unpaired) electrons. The molecule has 2 N–H and O–H groups in total. The number of rotatable bonds is 1. The lowest BCUT2D eigenvalue weighted by atomic mass is 10.4. The Balaban J connectivity index is 0.00000121. The van der Waals surface area contributed by atoms with Crippen LogP contribution in [0.15, 0.2) is 0 Å². The molecule has 6 nitrogen and oxygen atoms in total. The fourth-order valence-corrected chi connectivity index (χ4v) is 0.748. The van der Waals surface area contributed by atoms with Crippen LogP contribution in [0.1, 0.15) is 14.3 Å². The van der Waals surface area contributed by atoms with Crippen molar-refractivity contribution in [1.29, 1.82) is 0 Å². The molecule has 0 atom stereocenters. The quantitative estimate of drug-likeness (QED) is 0.518. The predicted octanol–water partition coefficient (Wildman–Crippen LogP) is -0.608. The topological polar surface area (TPSA) is 89.7 Å². The smallest absolute Gasteiger partial charge is 0.333 e. The summed E-state index contributed by atoms with van der Waals surface area (Å²) in [6, 6.07) is 0. The number of hydrogen-bond acceptors (Lipinski definition) is 4. The molecule has 0 bridgehead atoms. The largest absolute Gasteiger partial charge is 0.429 e. The van der Waals surface area contributed by atoms with Crippen LogP contribution in [-0.2, 0) is 14.4 Å². The molecule has 1 fully saturated rings. The van der Waals surface area contributed by atoms with Crippen LogP contribution in [0.5, 0.6) is 0 Å². The molecule has 3 amide bonds. The van der Waals surface area contributed by atoms with Crippen LogP contribution >= 0.6 is 0 Å². The van der Waals surface area contributed by atoms with Gasteiger partial charge in [0.25, 0.3) is 11.8 Å². The number of nitrogens with zero attached hydrogens (tertiary/aromatic N) is 1. The Bertz CT molecular complexity index is 213. The lowest BCUT2D eigenvalue weighted by Crippen LogP contribution is -2.34. The molecule has 0 aromatic rings. The number of carbonyl (C=O) groups excluding carboxylic acids is 3. The van der Waals surface area contributed by atoms with E-state index >= 15 is 0 Å². The van der Waals surface area contributed by atoms with Crippen molar-refractivity contribution < 1.29 is 20.6 Å². The zero-order valence-electron chi connectivity index (χ0n) is 5.57. The van der Waals surface area contributed by atoms with E-state index in [1.54, 1.807) is 0 Å². The van der Waals surface area contributed by atoms with Gasteiger partial charge in [0.15, 0.2) is 0 Å². The zero-order chi connectivity index (χ0) is 8.43. The first kappa shape index (κ1) is 7.52. The van der Waals surface area contributed by atoms with Crippen molar-refractivity contribution in [3.8, 4) is 0 Å². The van der Waals surface area contributed by atoms with Gasteiger partial charge in [-0.25, -0.2) is 4.79 Å². The molecule has 1 aliphatic rings. The van der Waals surface area contributed by atoms with E-state index in [2.05, 4.69) is 10.6 Å². The molecule has 1 heterocycles. The van der Waals surface area contributed by atoms with Crippen molar-refractivity contribution in [2.24, 2.45) is 5.73 Å². The Morgan fingerprint density at radius 2 is 1.91 bits per heavy atom. The second kappa shape index (κ2) is 2.57. The standard InChI is InChI=1S/C5H6N2O4.H2/c6-5(10)11-7-3(8)1-2-4(7)9;/h1-2H2,(H2,6,10);1H. The first-order chi connectivity index (χ1) is 5.11. The number of nitrogens with two attached hydrogens (primary N) is 1. The van der Waals surface area contributed by atoms with E-state index in [1.165, 1.54) is 0 Å². The number of carbonyl (C=O) groups is 3. The lowest BCUT2D eigenvalue weighted by Gasteiger charge is -2.09. The van der Waals surface area contributed by atoms with Gasteiger partial charge in [-0.2, -0.15) is 0 Å². The molecule has 0 aromatic carbocycles. The number of amides is 3. The molecule has 1 aliphatic heterocycles. The molecule has 11 heavy (non-hydrogen) atoms. The van der Waals surface area contributed by atoms with Crippen LogP contribution in [0.3, 0.4) is 0 Å².